The van der Waals surface area contributed by atoms with Crippen LogP contribution in [-0.2, 0) is 21.5 Å². The number of aromatic nitrogens is 4. The van der Waals surface area contributed by atoms with E-state index in [-0.39, 0.29) is 17.6 Å². The zero-order chi connectivity index (χ0) is 24.8. The Labute approximate surface area is 197 Å². The molecule has 0 spiro atoms. The predicted octanol–water partition coefficient (Wildman–Crippen LogP) is 3.92. The average Bonchev–Trinajstić information content (AvgIpc) is 3.11. The molecule has 3 heterocycles. The van der Waals surface area contributed by atoms with Crippen LogP contribution in [-0.4, -0.2) is 30.7 Å². The van der Waals surface area contributed by atoms with Gasteiger partial charge < -0.3 is 14.3 Å². The molecular formula is C26H30N4O4. The molecule has 0 saturated heterocycles. The molecular weight excluding hydrogens is 432 g/mol. The molecule has 4 rings (SSSR count). The summed E-state index contributed by atoms with van der Waals surface area (Å²) in [7, 11) is 0. The Morgan fingerprint density at radius 3 is 2.44 bits per heavy atom. The van der Waals surface area contributed by atoms with Gasteiger partial charge in [-0.25, -0.2) is 9.78 Å². The number of hydrogen-bond acceptors (Lipinski definition) is 5. The number of para-hydroxylation sites is 1. The number of aromatic amines is 1. The SMILES string of the molecule is CC(C)(C)OC(=O)[C@H](Cc1cn(C(C)(C)C)c2ccccc12)n1c(=O)c(=O)[nH]c2cccnc21. The Kier molecular flexibility index (Phi) is 5.71. The van der Waals surface area contributed by atoms with Crippen LogP contribution in [0.25, 0.3) is 22.1 Å². The fourth-order valence-electron chi connectivity index (χ4n) is 4.18. The normalized spacial score (nSPS) is 13.4. The number of fused-ring (bicyclic) bond motifs is 2. The van der Waals surface area contributed by atoms with Gasteiger partial charge in [0.25, 0.3) is 0 Å². The van der Waals surface area contributed by atoms with Crippen molar-refractivity contribution >= 4 is 28.0 Å². The quantitative estimate of drug-likeness (QED) is 0.366. The second kappa shape index (κ2) is 8.27. The van der Waals surface area contributed by atoms with Gasteiger partial charge in [-0.2, -0.15) is 0 Å². The summed E-state index contributed by atoms with van der Waals surface area (Å²) in [6, 6.07) is 10.2. The van der Waals surface area contributed by atoms with Crippen LogP contribution in [0.2, 0.25) is 0 Å². The molecule has 1 N–H and O–H groups in total. The van der Waals surface area contributed by atoms with Gasteiger partial charge in [-0.15, -0.1) is 0 Å². The Bertz CT molecular complexity index is 1500. The molecule has 0 bridgehead atoms. The summed E-state index contributed by atoms with van der Waals surface area (Å²) in [6.45, 7) is 11.6. The van der Waals surface area contributed by atoms with Crippen LogP contribution < -0.4 is 11.1 Å². The van der Waals surface area contributed by atoms with E-state index >= 15 is 0 Å². The van der Waals surface area contributed by atoms with Crippen LogP contribution >= 0.6 is 0 Å². The number of rotatable bonds is 4. The van der Waals surface area contributed by atoms with Gasteiger partial charge in [0.15, 0.2) is 5.65 Å². The number of H-pyrrole nitrogens is 1. The van der Waals surface area contributed by atoms with Gasteiger partial charge in [-0.3, -0.25) is 14.2 Å². The van der Waals surface area contributed by atoms with Crippen LogP contribution in [0.5, 0.6) is 0 Å². The summed E-state index contributed by atoms with van der Waals surface area (Å²) in [4.78, 5) is 45.9. The summed E-state index contributed by atoms with van der Waals surface area (Å²) < 4.78 is 9.04. The van der Waals surface area contributed by atoms with Crippen LogP contribution in [0.1, 0.15) is 53.1 Å². The highest BCUT2D eigenvalue weighted by Gasteiger charge is 2.31. The van der Waals surface area contributed by atoms with E-state index in [4.69, 9.17) is 4.74 Å². The molecule has 3 aromatic heterocycles. The number of carbonyl (C=O) groups excluding carboxylic acids is 1. The van der Waals surface area contributed by atoms with E-state index < -0.39 is 28.7 Å². The molecule has 0 saturated carbocycles. The minimum Gasteiger partial charge on any atom is -0.458 e. The third-order valence-electron chi connectivity index (χ3n) is 5.60. The molecule has 0 fully saturated rings. The first-order chi connectivity index (χ1) is 15.9. The second-order valence-corrected chi connectivity index (χ2v) is 10.5. The number of ether oxygens (including phenoxy) is 1. The largest absolute Gasteiger partial charge is 0.458 e. The van der Waals surface area contributed by atoms with Crippen molar-refractivity contribution in [1.29, 1.82) is 0 Å². The number of hydrogen-bond donors (Lipinski definition) is 1. The molecule has 0 aliphatic heterocycles. The highest BCUT2D eigenvalue weighted by molar-refractivity contribution is 5.86. The van der Waals surface area contributed by atoms with Gasteiger partial charge >= 0.3 is 17.1 Å². The maximum atomic E-state index is 13.5. The lowest BCUT2D eigenvalue weighted by Gasteiger charge is -2.25. The number of esters is 1. The van der Waals surface area contributed by atoms with Gasteiger partial charge in [0.1, 0.15) is 11.6 Å². The van der Waals surface area contributed by atoms with Crippen molar-refractivity contribution in [2.45, 2.75) is 65.1 Å². The van der Waals surface area contributed by atoms with E-state index in [1.165, 1.54) is 10.8 Å². The molecule has 8 heteroatoms. The maximum Gasteiger partial charge on any atom is 0.330 e. The fourth-order valence-corrected chi connectivity index (χ4v) is 4.18. The van der Waals surface area contributed by atoms with Crippen molar-refractivity contribution in [2.24, 2.45) is 0 Å². The third kappa shape index (κ3) is 4.40. The molecule has 0 unspecified atom stereocenters. The summed E-state index contributed by atoms with van der Waals surface area (Å²) in [5, 5.41) is 0.973. The van der Waals surface area contributed by atoms with Crippen molar-refractivity contribution in [2.75, 3.05) is 0 Å². The van der Waals surface area contributed by atoms with Crippen LogP contribution in [0.3, 0.4) is 0 Å². The van der Waals surface area contributed by atoms with Gasteiger partial charge in [0, 0.05) is 35.3 Å². The topological polar surface area (TPSA) is 99.0 Å². The van der Waals surface area contributed by atoms with Crippen molar-refractivity contribution in [1.82, 2.24) is 19.1 Å². The average molecular weight is 463 g/mol. The summed E-state index contributed by atoms with van der Waals surface area (Å²) in [5.74, 6) is -0.597. The summed E-state index contributed by atoms with van der Waals surface area (Å²) in [5.41, 5.74) is -0.142. The molecule has 0 aliphatic rings. The fraction of sp³-hybridized carbons (Fsp3) is 0.385. The zero-order valence-electron chi connectivity index (χ0n) is 20.4. The number of benzene rings is 1. The lowest BCUT2D eigenvalue weighted by atomic mass is 10.0. The highest BCUT2D eigenvalue weighted by atomic mass is 16.6. The van der Waals surface area contributed by atoms with Crippen LogP contribution in [0.4, 0.5) is 0 Å². The molecule has 1 aromatic carbocycles. The summed E-state index contributed by atoms with van der Waals surface area (Å²) >= 11 is 0. The smallest absolute Gasteiger partial charge is 0.330 e. The van der Waals surface area contributed by atoms with Gasteiger partial charge in [0.2, 0.25) is 0 Å². The van der Waals surface area contributed by atoms with E-state index in [9.17, 15) is 14.4 Å². The van der Waals surface area contributed by atoms with Gasteiger partial charge in [0.05, 0.1) is 5.52 Å². The van der Waals surface area contributed by atoms with Crippen molar-refractivity contribution < 1.29 is 9.53 Å². The number of carbonyl (C=O) groups is 1. The zero-order valence-corrected chi connectivity index (χ0v) is 20.4. The number of nitrogens with zero attached hydrogens (tertiary/aromatic N) is 3. The molecule has 178 valence electrons. The van der Waals surface area contributed by atoms with E-state index in [0.717, 1.165) is 16.5 Å². The Hall–Kier alpha value is -3.68. The minimum absolute atomic E-state index is 0.160. The number of pyridine rings is 1. The molecule has 8 nitrogen and oxygen atoms in total. The first-order valence-corrected chi connectivity index (χ1v) is 11.3. The Morgan fingerprint density at radius 1 is 1.06 bits per heavy atom. The molecule has 34 heavy (non-hydrogen) atoms. The molecule has 0 aliphatic carbocycles. The predicted molar refractivity (Wildman–Crippen MR) is 132 cm³/mol. The van der Waals surface area contributed by atoms with Crippen molar-refractivity contribution in [3.05, 3.63) is 75.1 Å². The van der Waals surface area contributed by atoms with Crippen molar-refractivity contribution in [3.8, 4) is 0 Å². The van der Waals surface area contributed by atoms with E-state index in [0.29, 0.717) is 5.52 Å². The number of nitrogens with one attached hydrogen (secondary N) is 1. The van der Waals surface area contributed by atoms with Crippen LogP contribution in [0, 0.1) is 0 Å². The van der Waals surface area contributed by atoms with E-state index in [1.807, 2.05) is 30.5 Å². The second-order valence-electron chi connectivity index (χ2n) is 10.5. The monoisotopic (exact) mass is 462 g/mol. The van der Waals surface area contributed by atoms with E-state index in [1.54, 1.807) is 32.9 Å². The lowest BCUT2D eigenvalue weighted by Crippen LogP contribution is -2.43. The van der Waals surface area contributed by atoms with Crippen molar-refractivity contribution in [3.63, 3.8) is 0 Å². The van der Waals surface area contributed by atoms with Gasteiger partial charge in [-0.1, -0.05) is 18.2 Å². The molecule has 1 atom stereocenters. The van der Waals surface area contributed by atoms with Crippen LogP contribution in [0.15, 0.2) is 58.4 Å². The first-order valence-electron chi connectivity index (χ1n) is 11.3. The van der Waals surface area contributed by atoms with E-state index in [2.05, 4.69) is 35.3 Å². The first kappa shape index (κ1) is 23.5. The standard InChI is InChI=1S/C26H30N4O4/c1-25(2,3)29-15-16(17-10-7-8-12-19(17)29)14-20(24(33)34-26(4,5)6)30-21-18(11-9-13-27-21)28-22(31)23(30)32/h7-13,15,20H,14H2,1-6H3,(H,28,31)/t20-/m0/s1. The Balaban J connectivity index is 1.96. The molecule has 0 radical (unpaired) electrons. The highest BCUT2D eigenvalue weighted by Crippen LogP contribution is 2.31. The molecule has 0 amide bonds. The maximum absolute atomic E-state index is 13.5. The summed E-state index contributed by atoms with van der Waals surface area (Å²) in [6.07, 6.45) is 3.69. The third-order valence-corrected chi connectivity index (χ3v) is 5.60. The lowest BCUT2D eigenvalue weighted by molar-refractivity contribution is -0.159. The molecule has 4 aromatic rings. The van der Waals surface area contributed by atoms with Gasteiger partial charge in [-0.05, 0) is 65.3 Å². The minimum atomic E-state index is -1.08. The Morgan fingerprint density at radius 2 is 1.76 bits per heavy atom.